The monoisotopic (exact) mass is 510 g/mol. The molecule has 0 heterocycles. The largest absolute Gasteiger partial charge is 0.325 e. The van der Waals surface area contributed by atoms with E-state index in [0.29, 0.717) is 16.5 Å². The van der Waals surface area contributed by atoms with E-state index in [-0.39, 0.29) is 57.8 Å². The number of hydrogen-bond donors (Lipinski definition) is 2. The fourth-order valence-corrected chi connectivity index (χ4v) is 3.71. The van der Waals surface area contributed by atoms with Gasteiger partial charge < -0.3 is 10.6 Å². The number of amides is 2. The number of alkyl halides is 2. The van der Waals surface area contributed by atoms with Crippen molar-refractivity contribution in [2.45, 2.75) is 12.8 Å². The molecule has 0 aliphatic heterocycles. The SMILES string of the molecule is O=C(CCCl)Nc1cccc2c1C(=O)c1c(NC(=O)CCI)cccc1C2=O. The lowest BCUT2D eigenvalue weighted by Crippen LogP contribution is -2.26. The Kier molecular flexibility index (Phi) is 6.46. The normalized spacial score (nSPS) is 12.2. The molecule has 0 saturated carbocycles. The van der Waals surface area contributed by atoms with Crippen LogP contribution in [0.25, 0.3) is 0 Å². The summed E-state index contributed by atoms with van der Waals surface area (Å²) in [6.45, 7) is 0. The van der Waals surface area contributed by atoms with Crippen molar-refractivity contribution in [2.75, 3.05) is 20.9 Å². The van der Waals surface area contributed by atoms with Gasteiger partial charge in [0.05, 0.1) is 22.5 Å². The van der Waals surface area contributed by atoms with E-state index in [1.165, 1.54) is 0 Å². The zero-order valence-electron chi connectivity index (χ0n) is 14.7. The molecule has 144 valence electrons. The van der Waals surface area contributed by atoms with Gasteiger partial charge in [0.1, 0.15) is 0 Å². The third kappa shape index (κ3) is 3.95. The first-order valence-electron chi connectivity index (χ1n) is 8.55. The minimum atomic E-state index is -0.420. The van der Waals surface area contributed by atoms with Crippen LogP contribution in [-0.2, 0) is 9.59 Å². The first-order valence-corrected chi connectivity index (χ1v) is 10.6. The van der Waals surface area contributed by atoms with Crippen LogP contribution >= 0.6 is 34.2 Å². The third-order valence-corrected chi connectivity index (χ3v) is 4.99. The van der Waals surface area contributed by atoms with Crippen LogP contribution in [0.4, 0.5) is 11.4 Å². The van der Waals surface area contributed by atoms with Gasteiger partial charge in [0, 0.05) is 34.3 Å². The summed E-state index contributed by atoms with van der Waals surface area (Å²) in [7, 11) is 0. The van der Waals surface area contributed by atoms with Gasteiger partial charge in [0.15, 0.2) is 11.6 Å². The Morgan fingerprint density at radius 2 is 1.32 bits per heavy atom. The summed E-state index contributed by atoms with van der Waals surface area (Å²) in [5, 5.41) is 5.36. The van der Waals surface area contributed by atoms with Crippen molar-refractivity contribution in [3.05, 3.63) is 58.7 Å². The minimum Gasteiger partial charge on any atom is -0.325 e. The number of anilines is 2. The number of benzene rings is 2. The molecule has 2 amide bonds. The van der Waals surface area contributed by atoms with E-state index in [0.717, 1.165) is 0 Å². The minimum absolute atomic E-state index is 0.0849. The summed E-state index contributed by atoms with van der Waals surface area (Å²) < 4.78 is 0.630. The predicted octanol–water partition coefficient (Wildman–Crippen LogP) is 3.79. The van der Waals surface area contributed by atoms with Gasteiger partial charge in [-0.1, -0.05) is 46.9 Å². The Morgan fingerprint density at radius 1 is 0.821 bits per heavy atom. The molecule has 0 aromatic heterocycles. The summed E-state index contributed by atoms with van der Waals surface area (Å²) in [5.41, 5.74) is 1.26. The van der Waals surface area contributed by atoms with E-state index in [1.807, 2.05) is 0 Å². The van der Waals surface area contributed by atoms with Gasteiger partial charge in [-0.3, -0.25) is 19.2 Å². The second-order valence-corrected chi connectivity index (χ2v) is 7.55. The van der Waals surface area contributed by atoms with Crippen LogP contribution < -0.4 is 10.6 Å². The van der Waals surface area contributed by atoms with E-state index in [1.54, 1.807) is 36.4 Å². The van der Waals surface area contributed by atoms with Gasteiger partial charge in [-0.05, 0) is 12.1 Å². The topological polar surface area (TPSA) is 92.3 Å². The van der Waals surface area contributed by atoms with Crippen LogP contribution in [0.5, 0.6) is 0 Å². The van der Waals surface area contributed by atoms with Gasteiger partial charge in [-0.2, -0.15) is 0 Å². The number of ketones is 2. The molecule has 28 heavy (non-hydrogen) atoms. The average molecular weight is 511 g/mol. The molecule has 0 saturated heterocycles. The molecular weight excluding hydrogens is 495 g/mol. The van der Waals surface area contributed by atoms with Crippen LogP contribution in [0.15, 0.2) is 36.4 Å². The van der Waals surface area contributed by atoms with Gasteiger partial charge in [0.2, 0.25) is 11.8 Å². The molecule has 0 atom stereocenters. The first-order chi connectivity index (χ1) is 13.5. The zero-order chi connectivity index (χ0) is 20.3. The Balaban J connectivity index is 2.08. The maximum atomic E-state index is 13.3. The van der Waals surface area contributed by atoms with E-state index in [4.69, 9.17) is 11.6 Å². The first kappa shape index (κ1) is 20.5. The van der Waals surface area contributed by atoms with Gasteiger partial charge >= 0.3 is 0 Å². The number of fused-ring (bicyclic) bond motifs is 2. The van der Waals surface area contributed by atoms with E-state index < -0.39 is 5.78 Å². The third-order valence-electron chi connectivity index (χ3n) is 4.26. The highest BCUT2D eigenvalue weighted by atomic mass is 127. The number of rotatable bonds is 6. The maximum absolute atomic E-state index is 13.3. The summed E-state index contributed by atoms with van der Waals surface area (Å²) >= 11 is 7.68. The van der Waals surface area contributed by atoms with Crippen molar-refractivity contribution in [2.24, 2.45) is 0 Å². The average Bonchev–Trinajstić information content (AvgIpc) is 2.66. The highest BCUT2D eigenvalue weighted by Crippen LogP contribution is 2.35. The Morgan fingerprint density at radius 3 is 1.79 bits per heavy atom. The standard InChI is InChI=1S/C20H16ClIN2O4/c21-9-7-15(25)23-13-5-1-3-11-17(13)20(28)18-12(19(11)27)4-2-6-14(18)24-16(26)8-10-22/h1-6H,7-10H2,(H,23,25)(H,24,26). The lowest BCUT2D eigenvalue weighted by Gasteiger charge is -2.22. The highest BCUT2D eigenvalue weighted by Gasteiger charge is 2.34. The molecule has 1 aliphatic rings. The second kappa shape index (κ2) is 8.83. The van der Waals surface area contributed by atoms with Gasteiger partial charge in [-0.15, -0.1) is 11.6 Å². The smallest absolute Gasteiger partial charge is 0.225 e. The molecular formula is C20H16ClIN2O4. The molecule has 3 rings (SSSR count). The molecule has 1 aliphatic carbocycles. The zero-order valence-corrected chi connectivity index (χ0v) is 17.6. The lowest BCUT2D eigenvalue weighted by molar-refractivity contribution is -0.116. The van der Waals surface area contributed by atoms with Gasteiger partial charge in [-0.25, -0.2) is 0 Å². The Bertz CT molecular complexity index is 915. The predicted molar refractivity (Wildman–Crippen MR) is 116 cm³/mol. The Hall–Kier alpha value is -2.26. The van der Waals surface area contributed by atoms with Crippen LogP contribution in [0.2, 0.25) is 0 Å². The molecule has 0 fully saturated rings. The molecule has 2 aromatic carbocycles. The number of nitrogens with one attached hydrogen (secondary N) is 2. The number of halogens is 2. The number of carbonyl (C=O) groups is 4. The van der Waals surface area contributed by atoms with Crippen LogP contribution in [0.1, 0.15) is 44.7 Å². The second-order valence-electron chi connectivity index (χ2n) is 6.09. The highest BCUT2D eigenvalue weighted by molar-refractivity contribution is 14.1. The summed E-state index contributed by atoms with van der Waals surface area (Å²) in [6, 6.07) is 9.51. The van der Waals surface area contributed by atoms with E-state index >= 15 is 0 Å². The fraction of sp³-hybridized carbons (Fsp3) is 0.200. The van der Waals surface area contributed by atoms with E-state index in [9.17, 15) is 19.2 Å². The summed E-state index contributed by atoms with van der Waals surface area (Å²) in [4.78, 5) is 50.3. The molecule has 2 aromatic rings. The molecule has 6 nitrogen and oxygen atoms in total. The molecule has 0 unspecified atom stereocenters. The van der Waals surface area contributed by atoms with Crippen LogP contribution in [0, 0.1) is 0 Å². The maximum Gasteiger partial charge on any atom is 0.225 e. The lowest BCUT2D eigenvalue weighted by atomic mass is 9.82. The van der Waals surface area contributed by atoms with Crippen molar-refractivity contribution in [3.8, 4) is 0 Å². The number of carbonyl (C=O) groups excluding carboxylic acids is 4. The van der Waals surface area contributed by atoms with Crippen LogP contribution in [-0.4, -0.2) is 33.7 Å². The van der Waals surface area contributed by atoms with E-state index in [2.05, 4.69) is 33.2 Å². The van der Waals surface area contributed by atoms with Gasteiger partial charge in [0.25, 0.3) is 0 Å². The van der Waals surface area contributed by atoms with Crippen LogP contribution in [0.3, 0.4) is 0 Å². The van der Waals surface area contributed by atoms with Crippen molar-refractivity contribution < 1.29 is 19.2 Å². The van der Waals surface area contributed by atoms with Crippen molar-refractivity contribution >= 4 is 68.9 Å². The van der Waals surface area contributed by atoms with Crippen molar-refractivity contribution in [3.63, 3.8) is 0 Å². The number of hydrogen-bond acceptors (Lipinski definition) is 4. The Labute approximate surface area is 180 Å². The van der Waals surface area contributed by atoms with Crippen molar-refractivity contribution in [1.82, 2.24) is 0 Å². The molecule has 0 radical (unpaired) electrons. The quantitative estimate of drug-likeness (QED) is 0.390. The molecule has 8 heteroatoms. The molecule has 2 N–H and O–H groups in total. The summed E-state index contributed by atoms with van der Waals surface area (Å²) in [5.74, 6) is -1.20. The van der Waals surface area contributed by atoms with Crippen molar-refractivity contribution in [1.29, 1.82) is 0 Å². The summed E-state index contributed by atoms with van der Waals surface area (Å²) in [6.07, 6.45) is 0.379. The fourth-order valence-electron chi connectivity index (χ4n) is 3.05. The molecule has 0 spiro atoms. The molecule has 0 bridgehead atoms.